The number of halogens is 3. The van der Waals surface area contributed by atoms with Crippen LogP contribution in [-0.4, -0.2) is 64.3 Å². The zero-order valence-electron chi connectivity index (χ0n) is 21.3. The van der Waals surface area contributed by atoms with E-state index in [9.17, 15) is 22.8 Å². The summed E-state index contributed by atoms with van der Waals surface area (Å²) in [6.45, 7) is 7.46. The molecular formula is C25H27F3N4O5S. The average molecular weight is 553 g/mol. The van der Waals surface area contributed by atoms with Crippen LogP contribution in [0.15, 0.2) is 22.1 Å². The number of anilines is 1. The van der Waals surface area contributed by atoms with Crippen molar-refractivity contribution in [1.82, 2.24) is 14.9 Å². The van der Waals surface area contributed by atoms with Crippen molar-refractivity contribution in [3.63, 3.8) is 0 Å². The number of amides is 1. The molecule has 2 aliphatic rings. The van der Waals surface area contributed by atoms with Crippen LogP contribution in [-0.2, 0) is 15.7 Å². The summed E-state index contributed by atoms with van der Waals surface area (Å²) in [4.78, 5) is 37.4. The average Bonchev–Trinajstić information content (AvgIpc) is 3.54. The van der Waals surface area contributed by atoms with E-state index in [-0.39, 0.29) is 35.9 Å². The Morgan fingerprint density at radius 3 is 2.42 bits per heavy atom. The van der Waals surface area contributed by atoms with E-state index in [1.807, 2.05) is 0 Å². The highest BCUT2D eigenvalue weighted by Gasteiger charge is 2.46. The van der Waals surface area contributed by atoms with Crippen molar-refractivity contribution in [2.75, 3.05) is 24.6 Å². The van der Waals surface area contributed by atoms with Crippen molar-refractivity contribution >= 4 is 40.5 Å². The van der Waals surface area contributed by atoms with Crippen LogP contribution in [0.4, 0.5) is 24.0 Å². The predicted octanol–water partition coefficient (Wildman–Crippen LogP) is 5.73. The summed E-state index contributed by atoms with van der Waals surface area (Å²) in [6, 6.07) is 0.703. The highest BCUT2D eigenvalue weighted by Crippen LogP contribution is 2.44. The van der Waals surface area contributed by atoms with Crippen LogP contribution in [0.3, 0.4) is 0 Å². The lowest BCUT2D eigenvalue weighted by atomic mass is 10.0. The first-order valence-electron chi connectivity index (χ1n) is 12.3. The molecule has 2 unspecified atom stereocenters. The molecular weight excluding hydrogens is 525 g/mol. The van der Waals surface area contributed by atoms with Gasteiger partial charge < -0.3 is 18.8 Å². The fraction of sp³-hybridized carbons (Fsp3) is 0.520. The van der Waals surface area contributed by atoms with E-state index < -0.39 is 40.5 Å². The summed E-state index contributed by atoms with van der Waals surface area (Å²) in [6.07, 6.45) is -2.34. The molecule has 38 heavy (non-hydrogen) atoms. The van der Waals surface area contributed by atoms with Gasteiger partial charge in [0.25, 0.3) is 6.01 Å². The SMILES string of the molecule is CCOC(=O)c1cc(-c2nccs2)c2oc(N3CC4CCC(C3)N4C(=O)OC(C)(C)C)nc2c1C(F)(F)F. The first kappa shape index (κ1) is 26.3. The molecule has 0 spiro atoms. The van der Waals surface area contributed by atoms with Gasteiger partial charge in [0.1, 0.15) is 16.1 Å². The Balaban J connectivity index is 1.58. The number of nitrogens with zero attached hydrogens (tertiary/aromatic N) is 4. The van der Waals surface area contributed by atoms with Crippen LogP contribution in [0.25, 0.3) is 21.7 Å². The number of thiazole rings is 1. The van der Waals surface area contributed by atoms with Crippen molar-refractivity contribution < 1.29 is 36.7 Å². The van der Waals surface area contributed by atoms with Gasteiger partial charge in [-0.25, -0.2) is 14.6 Å². The van der Waals surface area contributed by atoms with Crippen LogP contribution in [0, 0.1) is 0 Å². The van der Waals surface area contributed by atoms with Gasteiger partial charge in [0, 0.05) is 24.7 Å². The van der Waals surface area contributed by atoms with E-state index in [0.29, 0.717) is 18.1 Å². The van der Waals surface area contributed by atoms with Crippen molar-refractivity contribution in [3.8, 4) is 10.6 Å². The number of fused-ring (bicyclic) bond motifs is 3. The van der Waals surface area contributed by atoms with E-state index in [1.165, 1.54) is 24.5 Å². The normalized spacial score (nSPS) is 19.8. The molecule has 5 rings (SSSR count). The van der Waals surface area contributed by atoms with E-state index >= 15 is 0 Å². The molecule has 2 aliphatic heterocycles. The van der Waals surface area contributed by atoms with Gasteiger partial charge in [0.15, 0.2) is 5.58 Å². The standard InChI is InChI=1S/C25H27F3N4O5S/c1-5-35-21(33)15-10-16(20-29-8-9-38-20)19-18(17(15)25(26,27)28)30-22(36-19)31-11-13-6-7-14(12-31)32(13)23(34)37-24(2,3)4/h8-10,13-14H,5-7,11-12H2,1-4H3. The monoisotopic (exact) mass is 552 g/mol. The molecule has 9 nitrogen and oxygen atoms in total. The number of hydrogen-bond acceptors (Lipinski definition) is 9. The molecule has 0 radical (unpaired) electrons. The number of rotatable bonds is 4. The minimum Gasteiger partial charge on any atom is -0.462 e. The number of carbonyl (C=O) groups is 2. The summed E-state index contributed by atoms with van der Waals surface area (Å²) in [5.41, 5.74) is -2.88. The summed E-state index contributed by atoms with van der Waals surface area (Å²) in [5, 5.41) is 2.06. The third-order valence-electron chi connectivity index (χ3n) is 6.45. The number of aromatic nitrogens is 2. The van der Waals surface area contributed by atoms with Gasteiger partial charge >= 0.3 is 18.2 Å². The van der Waals surface area contributed by atoms with Crippen LogP contribution in [0.2, 0.25) is 0 Å². The topological polar surface area (TPSA) is 98.0 Å². The molecule has 1 aromatic carbocycles. The van der Waals surface area contributed by atoms with Gasteiger partial charge in [-0.1, -0.05) is 0 Å². The highest BCUT2D eigenvalue weighted by molar-refractivity contribution is 7.13. The van der Waals surface area contributed by atoms with E-state index in [4.69, 9.17) is 13.9 Å². The molecule has 2 atom stereocenters. The largest absolute Gasteiger partial charge is 0.462 e. The van der Waals surface area contributed by atoms with Crippen molar-refractivity contribution in [2.24, 2.45) is 0 Å². The Morgan fingerprint density at radius 2 is 1.87 bits per heavy atom. The zero-order valence-corrected chi connectivity index (χ0v) is 22.1. The third kappa shape index (κ3) is 4.79. The Hall–Kier alpha value is -3.35. The summed E-state index contributed by atoms with van der Waals surface area (Å²) in [7, 11) is 0. The fourth-order valence-electron chi connectivity index (χ4n) is 5.05. The molecule has 204 valence electrons. The summed E-state index contributed by atoms with van der Waals surface area (Å²) in [5.74, 6) is -1.10. The number of esters is 1. The lowest BCUT2D eigenvalue weighted by molar-refractivity contribution is -0.137. The molecule has 0 N–H and O–H groups in total. The van der Waals surface area contributed by atoms with Gasteiger partial charge in [-0.2, -0.15) is 18.2 Å². The lowest BCUT2D eigenvalue weighted by Gasteiger charge is -2.40. The molecule has 3 aromatic rings. The Morgan fingerprint density at radius 1 is 1.18 bits per heavy atom. The molecule has 2 saturated heterocycles. The number of benzene rings is 1. The Kier molecular flexibility index (Phi) is 6.52. The van der Waals surface area contributed by atoms with Crippen LogP contribution < -0.4 is 4.90 Å². The van der Waals surface area contributed by atoms with Crippen molar-refractivity contribution in [3.05, 3.63) is 28.8 Å². The molecule has 2 aromatic heterocycles. The molecule has 4 heterocycles. The second kappa shape index (κ2) is 9.44. The van der Waals surface area contributed by atoms with E-state index in [1.54, 1.807) is 36.0 Å². The Labute approximate surface area is 220 Å². The molecule has 1 amide bonds. The van der Waals surface area contributed by atoms with Gasteiger partial charge in [-0.15, -0.1) is 11.3 Å². The van der Waals surface area contributed by atoms with Crippen LogP contribution >= 0.6 is 11.3 Å². The molecule has 0 aliphatic carbocycles. The van der Waals surface area contributed by atoms with E-state index in [0.717, 1.165) is 18.9 Å². The third-order valence-corrected chi connectivity index (χ3v) is 7.26. The van der Waals surface area contributed by atoms with Gasteiger partial charge in [0.05, 0.1) is 35.4 Å². The first-order chi connectivity index (χ1) is 17.9. The maximum Gasteiger partial charge on any atom is 0.419 e. The number of carbonyl (C=O) groups excluding carboxylic acids is 2. The maximum absolute atomic E-state index is 14.3. The number of hydrogen-bond donors (Lipinski definition) is 0. The fourth-order valence-corrected chi connectivity index (χ4v) is 5.70. The number of piperazine rings is 1. The van der Waals surface area contributed by atoms with Gasteiger partial charge in [0.2, 0.25) is 0 Å². The van der Waals surface area contributed by atoms with Gasteiger partial charge in [-0.3, -0.25) is 4.90 Å². The van der Waals surface area contributed by atoms with Crippen LogP contribution in [0.1, 0.15) is 56.5 Å². The smallest absolute Gasteiger partial charge is 0.419 e. The Bertz CT molecular complexity index is 1350. The van der Waals surface area contributed by atoms with Crippen LogP contribution in [0.5, 0.6) is 0 Å². The summed E-state index contributed by atoms with van der Waals surface area (Å²) >= 11 is 1.20. The second-order valence-electron chi connectivity index (χ2n) is 10.3. The molecule has 13 heteroatoms. The highest BCUT2D eigenvalue weighted by atomic mass is 32.1. The van der Waals surface area contributed by atoms with E-state index in [2.05, 4.69) is 9.97 Å². The first-order valence-corrected chi connectivity index (χ1v) is 13.1. The number of alkyl halides is 3. The minimum atomic E-state index is -4.90. The molecule has 2 fully saturated rings. The van der Waals surface area contributed by atoms with Crippen molar-refractivity contribution in [2.45, 2.75) is 64.4 Å². The predicted molar refractivity (Wildman–Crippen MR) is 133 cm³/mol. The molecule has 2 bridgehead atoms. The zero-order chi connectivity index (χ0) is 27.4. The second-order valence-corrected chi connectivity index (χ2v) is 11.1. The molecule has 0 saturated carbocycles. The van der Waals surface area contributed by atoms with Gasteiger partial charge in [-0.05, 0) is 46.6 Å². The summed E-state index contributed by atoms with van der Waals surface area (Å²) < 4.78 is 59.5. The lowest BCUT2D eigenvalue weighted by Crippen LogP contribution is -2.56. The van der Waals surface area contributed by atoms with Crippen molar-refractivity contribution in [1.29, 1.82) is 0 Å². The maximum atomic E-state index is 14.3. The quantitative estimate of drug-likeness (QED) is 0.378. The minimum absolute atomic E-state index is 0.00921. The number of oxazole rings is 1. The number of ether oxygens (including phenoxy) is 2.